The van der Waals surface area contributed by atoms with E-state index < -0.39 is 0 Å². The Morgan fingerprint density at radius 1 is 1.67 bits per heavy atom. The van der Waals surface area contributed by atoms with E-state index in [4.69, 9.17) is 0 Å². The number of amides is 1. The zero-order chi connectivity index (χ0) is 10.7. The third-order valence-electron chi connectivity index (χ3n) is 3.32. The summed E-state index contributed by atoms with van der Waals surface area (Å²) in [4.78, 5) is 11.8. The van der Waals surface area contributed by atoms with Gasteiger partial charge in [0.05, 0.1) is 6.04 Å². The molecule has 1 heterocycles. The molecule has 1 atom stereocenters. The maximum Gasteiger partial charge on any atom is 0.238 e. The Bertz CT molecular complexity index is 232. The first kappa shape index (κ1) is 11.6. The molecule has 2 rings (SSSR count). The normalized spacial score (nSPS) is 28.5. The van der Waals surface area contributed by atoms with Crippen molar-refractivity contribution in [1.82, 2.24) is 10.6 Å². The summed E-state index contributed by atoms with van der Waals surface area (Å²) in [6.45, 7) is 0.843. The van der Waals surface area contributed by atoms with E-state index in [9.17, 15) is 4.79 Å². The first-order valence-electron chi connectivity index (χ1n) is 5.40. The van der Waals surface area contributed by atoms with Crippen LogP contribution in [0.25, 0.3) is 0 Å². The Morgan fingerprint density at radius 2 is 2.47 bits per heavy atom. The van der Waals surface area contributed by atoms with E-state index in [1.807, 2.05) is 11.8 Å². The highest BCUT2D eigenvalue weighted by atomic mass is 32.2. The molecule has 2 N–H and O–H groups in total. The summed E-state index contributed by atoms with van der Waals surface area (Å²) in [7, 11) is 0. The lowest BCUT2D eigenvalue weighted by atomic mass is 9.84. The molecule has 0 spiro atoms. The minimum atomic E-state index is 0.0361. The Balaban J connectivity index is 1.74. The van der Waals surface area contributed by atoms with Gasteiger partial charge < -0.3 is 5.32 Å². The van der Waals surface area contributed by atoms with Gasteiger partial charge in [-0.25, -0.2) is 0 Å². The van der Waals surface area contributed by atoms with Crippen molar-refractivity contribution in [2.24, 2.45) is 0 Å². The molecule has 1 aliphatic heterocycles. The monoisotopic (exact) mass is 246 g/mol. The van der Waals surface area contributed by atoms with Gasteiger partial charge in [0.2, 0.25) is 5.91 Å². The van der Waals surface area contributed by atoms with E-state index in [0.717, 1.165) is 18.2 Å². The summed E-state index contributed by atoms with van der Waals surface area (Å²) in [6.07, 6.45) is 5.96. The van der Waals surface area contributed by atoms with Crippen molar-refractivity contribution in [3.8, 4) is 0 Å². The average Bonchev–Trinajstić information content (AvgIpc) is 2.69. The molecule has 3 nitrogen and oxygen atoms in total. The van der Waals surface area contributed by atoms with E-state index >= 15 is 0 Å². The molecule has 0 aromatic rings. The maximum absolute atomic E-state index is 11.8. The molecule has 1 saturated heterocycles. The van der Waals surface area contributed by atoms with Crippen LogP contribution in [0, 0.1) is 0 Å². The molecule has 1 saturated carbocycles. The van der Waals surface area contributed by atoms with Gasteiger partial charge >= 0.3 is 0 Å². The van der Waals surface area contributed by atoms with Gasteiger partial charge in [-0.1, -0.05) is 6.42 Å². The van der Waals surface area contributed by atoms with E-state index in [0.29, 0.717) is 4.75 Å². The molecule has 86 valence electrons. The van der Waals surface area contributed by atoms with Crippen LogP contribution in [0.3, 0.4) is 0 Å². The minimum absolute atomic E-state index is 0.0361. The van der Waals surface area contributed by atoms with E-state index in [-0.39, 0.29) is 11.9 Å². The predicted octanol–water partition coefficient (Wildman–Crippen LogP) is 1.05. The Labute approximate surface area is 99.5 Å². The highest BCUT2D eigenvalue weighted by molar-refractivity contribution is 8.00. The molecule has 2 fully saturated rings. The van der Waals surface area contributed by atoms with Gasteiger partial charge in [0.1, 0.15) is 0 Å². The Kier molecular flexibility index (Phi) is 3.85. The molecule has 1 aliphatic carbocycles. The van der Waals surface area contributed by atoms with Crippen LogP contribution >= 0.6 is 23.5 Å². The second kappa shape index (κ2) is 4.97. The summed E-state index contributed by atoms with van der Waals surface area (Å²) in [5, 5.41) is 6.27. The zero-order valence-electron chi connectivity index (χ0n) is 9.04. The first-order valence-corrected chi connectivity index (χ1v) is 7.78. The van der Waals surface area contributed by atoms with Crippen LogP contribution in [0.5, 0.6) is 0 Å². The molecular formula is C10H18N2OS2. The number of thioether (sulfide) groups is 2. The van der Waals surface area contributed by atoms with Crippen LogP contribution in [-0.4, -0.2) is 41.1 Å². The summed E-state index contributed by atoms with van der Waals surface area (Å²) < 4.78 is 0.349. The van der Waals surface area contributed by atoms with Gasteiger partial charge in [0.25, 0.3) is 0 Å². The summed E-state index contributed by atoms with van der Waals surface area (Å²) in [6, 6.07) is 0.0361. The largest absolute Gasteiger partial charge is 0.353 e. The van der Waals surface area contributed by atoms with Gasteiger partial charge in [0.15, 0.2) is 0 Å². The van der Waals surface area contributed by atoms with Gasteiger partial charge in [-0.3, -0.25) is 10.1 Å². The fourth-order valence-electron chi connectivity index (χ4n) is 1.96. The first-order chi connectivity index (χ1) is 7.26. The molecule has 0 aromatic carbocycles. The van der Waals surface area contributed by atoms with Crippen LogP contribution in [0.15, 0.2) is 0 Å². The van der Waals surface area contributed by atoms with Crippen LogP contribution in [0.2, 0.25) is 0 Å². The molecular weight excluding hydrogens is 228 g/mol. The smallest absolute Gasteiger partial charge is 0.238 e. The molecule has 0 aromatic heterocycles. The summed E-state index contributed by atoms with van der Waals surface area (Å²) >= 11 is 3.70. The number of hydrogen-bond acceptors (Lipinski definition) is 4. The molecule has 1 amide bonds. The van der Waals surface area contributed by atoms with Crippen molar-refractivity contribution in [3.63, 3.8) is 0 Å². The number of carbonyl (C=O) groups excluding carboxylic acids is 1. The molecule has 0 radical (unpaired) electrons. The zero-order valence-corrected chi connectivity index (χ0v) is 10.7. The van der Waals surface area contributed by atoms with Crippen LogP contribution in [-0.2, 0) is 4.79 Å². The van der Waals surface area contributed by atoms with Gasteiger partial charge in [-0.2, -0.15) is 11.8 Å². The van der Waals surface area contributed by atoms with Crippen molar-refractivity contribution >= 4 is 29.4 Å². The average molecular weight is 246 g/mol. The molecule has 2 aliphatic rings. The topological polar surface area (TPSA) is 41.1 Å². The van der Waals surface area contributed by atoms with Gasteiger partial charge in [-0.05, 0) is 19.1 Å². The van der Waals surface area contributed by atoms with Crippen molar-refractivity contribution in [1.29, 1.82) is 0 Å². The van der Waals surface area contributed by atoms with Crippen molar-refractivity contribution in [3.05, 3.63) is 0 Å². The standard InChI is InChI=1S/C10H18N2OS2/c1-14-10(3-2-4-10)6-11-9(13)8-5-15-7-12-8/h8,12H,2-7H2,1H3,(H,11,13). The SMILES string of the molecule is CSC1(CNC(=O)C2CSCN2)CCC1. The Morgan fingerprint density at radius 3 is 2.93 bits per heavy atom. The molecule has 1 unspecified atom stereocenters. The molecule has 0 bridgehead atoms. The number of hydrogen-bond donors (Lipinski definition) is 2. The van der Waals surface area contributed by atoms with Gasteiger partial charge in [0, 0.05) is 22.9 Å². The third kappa shape index (κ3) is 2.63. The number of carbonyl (C=O) groups is 1. The van der Waals surface area contributed by atoms with Crippen LogP contribution in [0.1, 0.15) is 19.3 Å². The van der Waals surface area contributed by atoms with E-state index in [1.54, 1.807) is 11.8 Å². The number of rotatable bonds is 4. The van der Waals surface area contributed by atoms with E-state index in [2.05, 4.69) is 16.9 Å². The maximum atomic E-state index is 11.8. The molecule has 5 heteroatoms. The van der Waals surface area contributed by atoms with Crippen molar-refractivity contribution < 1.29 is 4.79 Å². The van der Waals surface area contributed by atoms with Crippen LogP contribution in [0.4, 0.5) is 0 Å². The lowest BCUT2D eigenvalue weighted by Crippen LogP contribution is -2.50. The van der Waals surface area contributed by atoms with E-state index in [1.165, 1.54) is 19.3 Å². The van der Waals surface area contributed by atoms with Crippen molar-refractivity contribution in [2.75, 3.05) is 24.4 Å². The van der Waals surface area contributed by atoms with Crippen LogP contribution < -0.4 is 10.6 Å². The second-order valence-corrected chi connectivity index (χ2v) is 6.53. The molecule has 15 heavy (non-hydrogen) atoms. The fraction of sp³-hybridized carbons (Fsp3) is 0.900. The summed E-state index contributed by atoms with van der Waals surface area (Å²) in [5.74, 6) is 2.00. The highest BCUT2D eigenvalue weighted by Gasteiger charge is 2.37. The lowest BCUT2D eigenvalue weighted by Gasteiger charge is -2.40. The Hall–Kier alpha value is 0.130. The quantitative estimate of drug-likeness (QED) is 0.778. The highest BCUT2D eigenvalue weighted by Crippen LogP contribution is 2.42. The predicted molar refractivity (Wildman–Crippen MR) is 67.4 cm³/mol. The fourth-order valence-corrected chi connectivity index (χ4v) is 3.81. The second-order valence-electron chi connectivity index (χ2n) is 4.23. The summed E-state index contributed by atoms with van der Waals surface area (Å²) in [5.41, 5.74) is 0. The minimum Gasteiger partial charge on any atom is -0.353 e. The van der Waals surface area contributed by atoms with Gasteiger partial charge in [-0.15, -0.1) is 11.8 Å². The number of nitrogens with one attached hydrogen (secondary N) is 2. The lowest BCUT2D eigenvalue weighted by molar-refractivity contribution is -0.122. The van der Waals surface area contributed by atoms with Crippen molar-refractivity contribution in [2.45, 2.75) is 30.1 Å². The third-order valence-corrected chi connectivity index (χ3v) is 5.67.